The predicted molar refractivity (Wildman–Crippen MR) is 81.0 cm³/mol. The van der Waals surface area contributed by atoms with Crippen LogP contribution in [-0.4, -0.2) is 37.9 Å². The van der Waals surface area contributed by atoms with Gasteiger partial charge in [-0.05, 0) is 25.3 Å². The molecular formula is C16H24N2O3. The van der Waals surface area contributed by atoms with E-state index in [4.69, 9.17) is 9.47 Å². The normalized spacial score (nSPS) is 22.2. The van der Waals surface area contributed by atoms with Gasteiger partial charge in [0.1, 0.15) is 6.61 Å². The third kappa shape index (κ3) is 5.36. The van der Waals surface area contributed by atoms with Gasteiger partial charge in [0.05, 0.1) is 6.61 Å². The first-order valence-electron chi connectivity index (χ1n) is 7.39. The van der Waals surface area contributed by atoms with Gasteiger partial charge in [-0.2, -0.15) is 0 Å². The maximum absolute atomic E-state index is 11.7. The second-order valence-electron chi connectivity index (χ2n) is 5.59. The molecule has 116 valence electrons. The molecule has 2 rings (SSSR count). The van der Waals surface area contributed by atoms with Crippen LogP contribution in [0.2, 0.25) is 0 Å². The quantitative estimate of drug-likeness (QED) is 0.807. The smallest absolute Gasteiger partial charge is 0.407 e. The molecule has 1 aliphatic carbocycles. The van der Waals surface area contributed by atoms with Crippen molar-refractivity contribution in [3.63, 3.8) is 0 Å². The van der Waals surface area contributed by atoms with Crippen LogP contribution in [0.25, 0.3) is 0 Å². The van der Waals surface area contributed by atoms with Gasteiger partial charge in [0.2, 0.25) is 0 Å². The molecule has 0 spiro atoms. The van der Waals surface area contributed by atoms with E-state index in [1.54, 1.807) is 7.11 Å². The Balaban J connectivity index is 1.58. The first-order valence-corrected chi connectivity index (χ1v) is 7.39. The number of rotatable bonds is 7. The number of carbonyl (C=O) groups excluding carboxylic acids is 1. The summed E-state index contributed by atoms with van der Waals surface area (Å²) in [5.74, 6) is 0. The molecule has 1 atom stereocenters. The van der Waals surface area contributed by atoms with Gasteiger partial charge in [0.25, 0.3) is 0 Å². The third-order valence-electron chi connectivity index (χ3n) is 3.61. The van der Waals surface area contributed by atoms with Crippen molar-refractivity contribution in [2.75, 3.05) is 13.7 Å². The highest BCUT2D eigenvalue weighted by Gasteiger charge is 2.31. The van der Waals surface area contributed by atoms with E-state index >= 15 is 0 Å². The number of alkyl carbamates (subject to hydrolysis) is 1. The molecule has 2 N–H and O–H groups in total. The van der Waals surface area contributed by atoms with Gasteiger partial charge in [0.15, 0.2) is 0 Å². The van der Waals surface area contributed by atoms with E-state index in [0.29, 0.717) is 25.3 Å². The van der Waals surface area contributed by atoms with Crippen LogP contribution in [0, 0.1) is 0 Å². The van der Waals surface area contributed by atoms with Gasteiger partial charge in [-0.25, -0.2) is 4.79 Å². The van der Waals surface area contributed by atoms with Crippen LogP contribution in [0.5, 0.6) is 0 Å². The molecule has 0 heterocycles. The zero-order chi connectivity index (χ0) is 15.1. The molecule has 5 nitrogen and oxygen atoms in total. The molecule has 1 aromatic carbocycles. The summed E-state index contributed by atoms with van der Waals surface area (Å²) in [6, 6.07) is 10.7. The molecule has 0 radical (unpaired) electrons. The van der Waals surface area contributed by atoms with Crippen molar-refractivity contribution in [3.8, 4) is 0 Å². The summed E-state index contributed by atoms with van der Waals surface area (Å²) >= 11 is 0. The Kier molecular flexibility index (Phi) is 6.02. The van der Waals surface area contributed by atoms with Crippen molar-refractivity contribution in [2.45, 2.75) is 44.5 Å². The number of carbonyl (C=O) groups is 1. The fourth-order valence-electron chi connectivity index (χ4n) is 2.50. The second kappa shape index (κ2) is 8.00. The minimum absolute atomic E-state index is 0.209. The van der Waals surface area contributed by atoms with Gasteiger partial charge in [0, 0.05) is 25.2 Å². The molecule has 1 aliphatic rings. The Bertz CT molecular complexity index is 432. The molecule has 0 bridgehead atoms. The maximum Gasteiger partial charge on any atom is 0.407 e. The molecule has 5 heteroatoms. The van der Waals surface area contributed by atoms with Gasteiger partial charge < -0.3 is 20.1 Å². The summed E-state index contributed by atoms with van der Waals surface area (Å²) < 4.78 is 10.3. The number of benzene rings is 1. The number of hydrogen-bond donors (Lipinski definition) is 2. The first kappa shape index (κ1) is 15.8. The van der Waals surface area contributed by atoms with E-state index in [1.807, 2.05) is 30.3 Å². The lowest BCUT2D eigenvalue weighted by atomic mass is 9.86. The van der Waals surface area contributed by atoms with Crippen molar-refractivity contribution in [1.29, 1.82) is 0 Å². The summed E-state index contributed by atoms with van der Waals surface area (Å²) in [6.45, 7) is 3.11. The number of ether oxygens (including phenoxy) is 2. The lowest BCUT2D eigenvalue weighted by molar-refractivity contribution is 0.119. The van der Waals surface area contributed by atoms with Crippen molar-refractivity contribution in [1.82, 2.24) is 10.6 Å². The number of hydrogen-bond acceptors (Lipinski definition) is 4. The Hall–Kier alpha value is -1.59. The molecule has 21 heavy (non-hydrogen) atoms. The number of methoxy groups -OCH3 is 1. The predicted octanol–water partition coefficient (Wildman–Crippen LogP) is 2.07. The first-order chi connectivity index (χ1) is 10.2. The largest absolute Gasteiger partial charge is 0.445 e. The van der Waals surface area contributed by atoms with Gasteiger partial charge in [-0.1, -0.05) is 30.3 Å². The SMILES string of the molecule is COCC(C)NC1CC(NC(=O)OCc2ccccc2)C1. The van der Waals surface area contributed by atoms with E-state index in [0.717, 1.165) is 18.4 Å². The highest BCUT2D eigenvalue weighted by molar-refractivity contribution is 5.67. The van der Waals surface area contributed by atoms with Crippen LogP contribution in [0.15, 0.2) is 30.3 Å². The zero-order valence-electron chi connectivity index (χ0n) is 12.7. The van der Waals surface area contributed by atoms with Gasteiger partial charge >= 0.3 is 6.09 Å². The molecule has 0 aliphatic heterocycles. The number of nitrogens with one attached hydrogen (secondary N) is 2. The van der Waals surface area contributed by atoms with Gasteiger partial charge in [-0.15, -0.1) is 0 Å². The minimum atomic E-state index is -0.341. The average molecular weight is 292 g/mol. The van der Waals surface area contributed by atoms with Crippen molar-refractivity contribution >= 4 is 6.09 Å². The summed E-state index contributed by atoms with van der Waals surface area (Å²) in [5.41, 5.74) is 0.995. The maximum atomic E-state index is 11.7. The minimum Gasteiger partial charge on any atom is -0.445 e. The summed E-state index contributed by atoms with van der Waals surface area (Å²) in [4.78, 5) is 11.7. The average Bonchev–Trinajstić information content (AvgIpc) is 2.44. The Morgan fingerprint density at radius 2 is 2.00 bits per heavy atom. The van der Waals surface area contributed by atoms with Crippen LogP contribution in [0.4, 0.5) is 4.79 Å². The van der Waals surface area contributed by atoms with E-state index in [9.17, 15) is 4.79 Å². The Morgan fingerprint density at radius 3 is 2.67 bits per heavy atom. The summed E-state index contributed by atoms with van der Waals surface area (Å²) in [6.07, 6.45) is 1.54. The lowest BCUT2D eigenvalue weighted by Crippen LogP contribution is -2.54. The van der Waals surface area contributed by atoms with Crippen LogP contribution >= 0.6 is 0 Å². The van der Waals surface area contributed by atoms with Crippen LogP contribution in [0.1, 0.15) is 25.3 Å². The topological polar surface area (TPSA) is 59.6 Å². The fourth-order valence-corrected chi connectivity index (χ4v) is 2.50. The summed E-state index contributed by atoms with van der Waals surface area (Å²) in [7, 11) is 1.70. The molecule has 1 aromatic rings. The highest BCUT2D eigenvalue weighted by atomic mass is 16.5. The second-order valence-corrected chi connectivity index (χ2v) is 5.59. The number of amides is 1. The molecule has 0 saturated heterocycles. The fraction of sp³-hybridized carbons (Fsp3) is 0.562. The monoisotopic (exact) mass is 292 g/mol. The molecule has 0 aromatic heterocycles. The molecule has 1 fully saturated rings. The van der Waals surface area contributed by atoms with Crippen LogP contribution < -0.4 is 10.6 Å². The molecule has 1 amide bonds. The van der Waals surface area contributed by atoms with Crippen molar-refractivity contribution in [2.24, 2.45) is 0 Å². The molecule has 1 saturated carbocycles. The van der Waals surface area contributed by atoms with Crippen LogP contribution in [-0.2, 0) is 16.1 Å². The zero-order valence-corrected chi connectivity index (χ0v) is 12.7. The van der Waals surface area contributed by atoms with E-state index in [1.165, 1.54) is 0 Å². The molecular weight excluding hydrogens is 268 g/mol. The lowest BCUT2D eigenvalue weighted by Gasteiger charge is -2.37. The molecule has 1 unspecified atom stereocenters. The van der Waals surface area contributed by atoms with E-state index < -0.39 is 0 Å². The third-order valence-corrected chi connectivity index (χ3v) is 3.61. The van der Waals surface area contributed by atoms with Crippen molar-refractivity contribution < 1.29 is 14.3 Å². The Morgan fingerprint density at radius 1 is 1.29 bits per heavy atom. The standard InChI is InChI=1S/C16H24N2O3/c1-12(10-20-2)17-14-8-15(9-14)18-16(19)21-11-13-6-4-3-5-7-13/h3-7,12,14-15,17H,8-11H2,1-2H3,(H,18,19). The van der Waals surface area contributed by atoms with E-state index in [-0.39, 0.29) is 12.1 Å². The van der Waals surface area contributed by atoms with Crippen LogP contribution in [0.3, 0.4) is 0 Å². The van der Waals surface area contributed by atoms with Crippen molar-refractivity contribution in [3.05, 3.63) is 35.9 Å². The summed E-state index contributed by atoms with van der Waals surface area (Å²) in [5, 5.41) is 6.35. The van der Waals surface area contributed by atoms with E-state index in [2.05, 4.69) is 17.6 Å². The Labute approximate surface area is 126 Å². The van der Waals surface area contributed by atoms with Gasteiger partial charge in [-0.3, -0.25) is 0 Å². The highest BCUT2D eigenvalue weighted by Crippen LogP contribution is 2.20.